The fraction of sp³-hybridized carbons (Fsp3) is 0.611. The Hall–Kier alpha value is -1.11. The number of hydrogen-bond acceptors (Lipinski definition) is 3. The van der Waals surface area contributed by atoms with Crippen LogP contribution in [0.5, 0.6) is 0 Å². The third-order valence-electron chi connectivity index (χ3n) is 5.31. The minimum atomic E-state index is -3.58. The van der Waals surface area contributed by atoms with Crippen LogP contribution < -0.4 is 0 Å². The Bertz CT molecular complexity index is 739. The summed E-state index contributed by atoms with van der Waals surface area (Å²) in [5.74, 6) is -0.201. The standard InChI is InChI=1S/C18H25ClN2O3S/c1-20(14-7-3-4-8-14)18(22)16-13-15(9-10-17(16)19)25(23,24)21-11-5-2-6-12-21/h9-10,13-14H,2-8,11-12H2,1H3. The van der Waals surface area contributed by atoms with Gasteiger partial charge in [0, 0.05) is 26.2 Å². The Kier molecular flexibility index (Phi) is 5.71. The zero-order chi connectivity index (χ0) is 18.0. The fourth-order valence-electron chi connectivity index (χ4n) is 3.73. The van der Waals surface area contributed by atoms with Crippen molar-refractivity contribution < 1.29 is 13.2 Å². The molecular formula is C18H25ClN2O3S. The molecule has 2 aliphatic rings. The Morgan fingerprint density at radius 3 is 2.40 bits per heavy atom. The van der Waals surface area contributed by atoms with Crippen LogP contribution in [0, 0.1) is 0 Å². The quantitative estimate of drug-likeness (QED) is 0.797. The molecule has 1 heterocycles. The van der Waals surface area contributed by atoms with Crippen LogP contribution in [0.25, 0.3) is 0 Å². The number of rotatable bonds is 4. The zero-order valence-electron chi connectivity index (χ0n) is 14.6. The number of piperidine rings is 1. The molecule has 1 aromatic rings. The second-order valence-electron chi connectivity index (χ2n) is 6.96. The highest BCUT2D eigenvalue weighted by Gasteiger charge is 2.29. The smallest absolute Gasteiger partial charge is 0.255 e. The number of amides is 1. The summed E-state index contributed by atoms with van der Waals surface area (Å²) in [6, 6.07) is 4.68. The summed E-state index contributed by atoms with van der Waals surface area (Å²) < 4.78 is 27.2. The Morgan fingerprint density at radius 2 is 1.76 bits per heavy atom. The van der Waals surface area contributed by atoms with Crippen molar-refractivity contribution in [3.05, 3.63) is 28.8 Å². The highest BCUT2D eigenvalue weighted by atomic mass is 35.5. The predicted molar refractivity (Wildman–Crippen MR) is 98.4 cm³/mol. The normalized spacial score (nSPS) is 19.9. The van der Waals surface area contributed by atoms with Crippen molar-refractivity contribution in [1.82, 2.24) is 9.21 Å². The molecule has 1 amide bonds. The van der Waals surface area contributed by atoms with E-state index in [1.165, 1.54) is 22.5 Å². The molecule has 0 atom stereocenters. The van der Waals surface area contributed by atoms with Gasteiger partial charge >= 0.3 is 0 Å². The first kappa shape index (κ1) is 18.7. The zero-order valence-corrected chi connectivity index (χ0v) is 16.2. The molecule has 0 N–H and O–H groups in total. The number of carbonyl (C=O) groups is 1. The maximum Gasteiger partial charge on any atom is 0.255 e. The summed E-state index contributed by atoms with van der Waals surface area (Å²) >= 11 is 6.22. The molecule has 1 aliphatic heterocycles. The number of hydrogen-bond donors (Lipinski definition) is 0. The van der Waals surface area contributed by atoms with Gasteiger partial charge in [-0.25, -0.2) is 8.42 Å². The van der Waals surface area contributed by atoms with Crippen molar-refractivity contribution in [3.8, 4) is 0 Å². The van der Waals surface area contributed by atoms with Crippen LogP contribution in [0.4, 0.5) is 0 Å². The van der Waals surface area contributed by atoms with E-state index in [1.54, 1.807) is 11.9 Å². The summed E-state index contributed by atoms with van der Waals surface area (Å²) in [7, 11) is -1.80. The van der Waals surface area contributed by atoms with Crippen LogP contribution in [0.1, 0.15) is 55.3 Å². The van der Waals surface area contributed by atoms with E-state index in [-0.39, 0.29) is 22.4 Å². The lowest BCUT2D eigenvalue weighted by molar-refractivity contribution is 0.0735. The van der Waals surface area contributed by atoms with Crippen LogP contribution in [-0.2, 0) is 10.0 Å². The van der Waals surface area contributed by atoms with Gasteiger partial charge in [0.25, 0.3) is 5.91 Å². The largest absolute Gasteiger partial charge is 0.339 e. The average molecular weight is 385 g/mol. The Morgan fingerprint density at radius 1 is 1.12 bits per heavy atom. The predicted octanol–water partition coefficient (Wildman–Crippen LogP) is 3.53. The number of carbonyl (C=O) groups excluding carboxylic acids is 1. The van der Waals surface area contributed by atoms with E-state index >= 15 is 0 Å². The van der Waals surface area contributed by atoms with E-state index in [0.717, 1.165) is 44.9 Å². The average Bonchev–Trinajstić information content (AvgIpc) is 3.16. The van der Waals surface area contributed by atoms with Gasteiger partial charge in [-0.3, -0.25) is 4.79 Å². The van der Waals surface area contributed by atoms with Crippen molar-refractivity contribution in [1.29, 1.82) is 0 Å². The molecule has 138 valence electrons. The molecule has 25 heavy (non-hydrogen) atoms. The van der Waals surface area contributed by atoms with Gasteiger partial charge < -0.3 is 4.90 Å². The summed E-state index contributed by atoms with van der Waals surface area (Å²) in [5, 5.41) is 0.299. The van der Waals surface area contributed by atoms with Gasteiger partial charge in [-0.15, -0.1) is 0 Å². The van der Waals surface area contributed by atoms with Crippen LogP contribution in [0.15, 0.2) is 23.1 Å². The summed E-state index contributed by atoms with van der Waals surface area (Å²) in [6.45, 7) is 1.08. The van der Waals surface area contributed by atoms with Crippen LogP contribution in [-0.4, -0.2) is 49.7 Å². The minimum absolute atomic E-state index is 0.155. The van der Waals surface area contributed by atoms with Gasteiger partial charge in [0.05, 0.1) is 15.5 Å². The number of sulfonamides is 1. The number of benzene rings is 1. The summed E-state index contributed by atoms with van der Waals surface area (Å²) in [5.41, 5.74) is 0.272. The second kappa shape index (κ2) is 7.64. The van der Waals surface area contributed by atoms with Gasteiger partial charge in [-0.1, -0.05) is 30.9 Å². The van der Waals surface area contributed by atoms with E-state index in [1.807, 2.05) is 0 Å². The molecule has 1 saturated heterocycles. The third kappa shape index (κ3) is 3.86. The lowest BCUT2D eigenvalue weighted by atomic mass is 10.1. The second-order valence-corrected chi connectivity index (χ2v) is 9.31. The number of nitrogens with zero attached hydrogens (tertiary/aromatic N) is 2. The van der Waals surface area contributed by atoms with Crippen molar-refractivity contribution in [3.63, 3.8) is 0 Å². The van der Waals surface area contributed by atoms with E-state index in [9.17, 15) is 13.2 Å². The van der Waals surface area contributed by atoms with Gasteiger partial charge in [0.1, 0.15) is 0 Å². The molecule has 7 heteroatoms. The molecular weight excluding hydrogens is 360 g/mol. The van der Waals surface area contributed by atoms with E-state index in [2.05, 4.69) is 0 Å². The molecule has 3 rings (SSSR count). The van der Waals surface area contributed by atoms with Crippen molar-refractivity contribution in [2.75, 3.05) is 20.1 Å². The third-order valence-corrected chi connectivity index (χ3v) is 7.54. The molecule has 1 aromatic carbocycles. The maximum atomic E-state index is 12.9. The minimum Gasteiger partial charge on any atom is -0.339 e. The molecule has 1 saturated carbocycles. The highest BCUT2D eigenvalue weighted by Crippen LogP contribution is 2.28. The topological polar surface area (TPSA) is 57.7 Å². The van der Waals surface area contributed by atoms with E-state index in [4.69, 9.17) is 11.6 Å². The highest BCUT2D eigenvalue weighted by molar-refractivity contribution is 7.89. The molecule has 0 unspecified atom stereocenters. The molecule has 0 spiro atoms. The number of halogens is 1. The lowest BCUT2D eigenvalue weighted by Gasteiger charge is -2.27. The molecule has 5 nitrogen and oxygen atoms in total. The van der Waals surface area contributed by atoms with Crippen LogP contribution in [0.2, 0.25) is 5.02 Å². The van der Waals surface area contributed by atoms with Gasteiger partial charge in [-0.05, 0) is 43.9 Å². The monoisotopic (exact) mass is 384 g/mol. The maximum absolute atomic E-state index is 12.9. The molecule has 0 radical (unpaired) electrons. The van der Waals surface area contributed by atoms with E-state index in [0.29, 0.717) is 18.1 Å². The molecule has 0 bridgehead atoms. The first-order valence-electron chi connectivity index (χ1n) is 8.98. The Labute approximate surface area is 155 Å². The SMILES string of the molecule is CN(C(=O)c1cc(S(=O)(=O)N2CCCCC2)ccc1Cl)C1CCCC1. The Balaban J connectivity index is 1.88. The first-order chi connectivity index (χ1) is 11.9. The van der Waals surface area contributed by atoms with Gasteiger partial charge in [-0.2, -0.15) is 4.31 Å². The van der Waals surface area contributed by atoms with Crippen molar-refractivity contribution in [2.24, 2.45) is 0 Å². The summed E-state index contributed by atoms with van der Waals surface area (Å²) in [4.78, 5) is 14.7. The van der Waals surface area contributed by atoms with Gasteiger partial charge in [0.15, 0.2) is 0 Å². The van der Waals surface area contributed by atoms with Crippen molar-refractivity contribution >= 4 is 27.5 Å². The van der Waals surface area contributed by atoms with Gasteiger partial charge in [0.2, 0.25) is 10.0 Å². The molecule has 1 aliphatic carbocycles. The first-order valence-corrected chi connectivity index (χ1v) is 10.8. The van der Waals surface area contributed by atoms with Crippen molar-refractivity contribution in [2.45, 2.75) is 55.9 Å². The lowest BCUT2D eigenvalue weighted by Crippen LogP contribution is -2.36. The van der Waals surface area contributed by atoms with E-state index < -0.39 is 10.0 Å². The summed E-state index contributed by atoms with van der Waals surface area (Å²) in [6.07, 6.45) is 7.05. The van der Waals surface area contributed by atoms with Crippen LogP contribution in [0.3, 0.4) is 0 Å². The fourth-order valence-corrected chi connectivity index (χ4v) is 5.47. The molecule has 2 fully saturated rings. The van der Waals surface area contributed by atoms with Crippen LogP contribution >= 0.6 is 11.6 Å². The molecule has 0 aromatic heterocycles.